The predicted molar refractivity (Wildman–Crippen MR) is 307 cm³/mol. The highest BCUT2D eigenvalue weighted by atomic mass is 28.3. The van der Waals surface area contributed by atoms with E-state index in [0.29, 0.717) is 0 Å². The van der Waals surface area contributed by atoms with Gasteiger partial charge in [-0.05, 0) is 142 Å². The maximum atomic E-state index is 2.96. The van der Waals surface area contributed by atoms with Gasteiger partial charge in [-0.3, -0.25) is 0 Å². The standard InChI is InChI=1S/C66H72BN3Si/c1-61(2,3)45-26-22-27-47(37-45)68-56-38-46(62(4,5)6)31-32-53(56)67-54-42-49(71(10,11)12)41-52-60(54)70(64(8)35-21-20-34-63(52,64)7)58-40-48(39-57(68)59(58)67)69-55-30-19-18-29-51(55)66(44-24-14-13-15-25-44)36-33-43-23-16-17-28-50(43)65(66,69)9/h13-19,22-32,37-42H,20-21,33-36H2,1-12H3. The smallest absolute Gasteiger partial charge is 0.252 e. The van der Waals surface area contributed by atoms with Crippen LogP contribution >= 0.6 is 0 Å². The van der Waals surface area contributed by atoms with E-state index in [-0.39, 0.29) is 33.9 Å². The topological polar surface area (TPSA) is 9.72 Å². The first kappa shape index (κ1) is 45.1. The molecule has 0 N–H and O–H groups in total. The molecule has 0 radical (unpaired) electrons. The molecule has 4 unspecified atom stereocenters. The lowest BCUT2D eigenvalue weighted by atomic mass is 9.33. The Morgan fingerprint density at radius 1 is 0.521 bits per heavy atom. The quantitative estimate of drug-likeness (QED) is 0.163. The number of hydrogen-bond donors (Lipinski definition) is 0. The van der Waals surface area contributed by atoms with Crippen molar-refractivity contribution in [3.63, 3.8) is 0 Å². The van der Waals surface area contributed by atoms with Crippen LogP contribution in [0.15, 0.2) is 146 Å². The van der Waals surface area contributed by atoms with Crippen molar-refractivity contribution in [1.29, 1.82) is 0 Å². The summed E-state index contributed by atoms with van der Waals surface area (Å²) >= 11 is 0. The van der Waals surface area contributed by atoms with Gasteiger partial charge in [0.05, 0.1) is 24.6 Å². The Morgan fingerprint density at radius 3 is 1.94 bits per heavy atom. The molecule has 0 bridgehead atoms. The molecular formula is C66H72BN3Si. The summed E-state index contributed by atoms with van der Waals surface area (Å²) in [6, 6.07) is 58.4. The van der Waals surface area contributed by atoms with Gasteiger partial charge < -0.3 is 14.7 Å². The van der Waals surface area contributed by atoms with Crippen molar-refractivity contribution in [3.05, 3.63) is 185 Å². The van der Waals surface area contributed by atoms with Crippen molar-refractivity contribution >= 4 is 76.2 Å². The van der Waals surface area contributed by atoms with Crippen molar-refractivity contribution in [2.45, 2.75) is 153 Å². The second kappa shape index (κ2) is 14.7. The van der Waals surface area contributed by atoms with E-state index in [0.717, 1.165) is 12.8 Å². The molecule has 0 spiro atoms. The van der Waals surface area contributed by atoms with Crippen LogP contribution in [0.4, 0.5) is 39.8 Å². The molecule has 0 amide bonds. The number of nitrogens with zero attached hydrogens (tertiary/aromatic N) is 3. The maximum absolute atomic E-state index is 2.96. The molecule has 13 rings (SSSR count). The molecule has 6 aliphatic rings. The third-order valence-electron chi connectivity index (χ3n) is 19.4. The van der Waals surface area contributed by atoms with Gasteiger partial charge in [-0.25, -0.2) is 0 Å². The van der Waals surface area contributed by atoms with Crippen LogP contribution in [0.25, 0.3) is 0 Å². The van der Waals surface area contributed by atoms with Crippen LogP contribution in [0.1, 0.15) is 133 Å². The Hall–Kier alpha value is -5.78. The second-order valence-corrected chi connectivity index (χ2v) is 31.3. The number of aryl methyl sites for hydroxylation is 1. The van der Waals surface area contributed by atoms with E-state index < -0.39 is 13.6 Å². The fraction of sp³-hybridized carbons (Fsp3) is 0.364. The lowest BCUT2D eigenvalue weighted by molar-refractivity contribution is 0.195. The molecule has 4 heterocycles. The van der Waals surface area contributed by atoms with Crippen molar-refractivity contribution in [2.75, 3.05) is 14.7 Å². The molecule has 3 nitrogen and oxygen atoms in total. The fourth-order valence-electron chi connectivity index (χ4n) is 15.4. The summed E-state index contributed by atoms with van der Waals surface area (Å²) in [6.45, 7) is 29.9. The summed E-state index contributed by atoms with van der Waals surface area (Å²) in [5.41, 5.74) is 22.9. The fourth-order valence-corrected chi connectivity index (χ4v) is 16.6. The minimum atomic E-state index is -1.77. The third-order valence-corrected chi connectivity index (χ3v) is 21.5. The summed E-state index contributed by atoms with van der Waals surface area (Å²) in [6.07, 6.45) is 6.96. The molecule has 0 saturated heterocycles. The SMILES string of the molecule is CC(C)(C)c1cccc(N2c3cc(C(C)(C)C)ccc3B3c4cc([Si](C)(C)C)cc5c4N(c4cc(N6c7ccccc7C7(c8ccccc8)CCc8ccccc8C67C)cc2c43)C2(C)CCCCC52C)c1. The van der Waals surface area contributed by atoms with Crippen LogP contribution in [0.5, 0.6) is 0 Å². The summed E-state index contributed by atoms with van der Waals surface area (Å²) < 4.78 is 0. The number of rotatable bonds is 4. The molecule has 1 saturated carbocycles. The lowest BCUT2D eigenvalue weighted by Gasteiger charge is -2.54. The average molecular weight is 946 g/mol. The summed E-state index contributed by atoms with van der Waals surface area (Å²) in [7, 11) is -1.77. The van der Waals surface area contributed by atoms with Gasteiger partial charge in [0.15, 0.2) is 0 Å². The molecule has 7 aromatic rings. The minimum Gasteiger partial charge on any atom is -0.335 e. The predicted octanol–water partition coefficient (Wildman–Crippen LogP) is 14.5. The molecule has 71 heavy (non-hydrogen) atoms. The molecule has 1 fully saturated rings. The van der Waals surface area contributed by atoms with E-state index >= 15 is 0 Å². The van der Waals surface area contributed by atoms with Crippen molar-refractivity contribution in [1.82, 2.24) is 0 Å². The largest absolute Gasteiger partial charge is 0.335 e. The Labute approximate surface area is 426 Å². The van der Waals surface area contributed by atoms with Crippen molar-refractivity contribution in [2.24, 2.45) is 0 Å². The second-order valence-electron chi connectivity index (χ2n) is 26.2. The van der Waals surface area contributed by atoms with Gasteiger partial charge in [0, 0.05) is 45.2 Å². The first-order valence-corrected chi connectivity index (χ1v) is 30.5. The third kappa shape index (κ3) is 5.85. The Kier molecular flexibility index (Phi) is 9.33. The Morgan fingerprint density at radius 2 is 1.20 bits per heavy atom. The van der Waals surface area contributed by atoms with Crippen molar-refractivity contribution in [3.8, 4) is 0 Å². The molecule has 2 aliphatic carbocycles. The number of anilines is 7. The van der Waals surface area contributed by atoms with E-state index in [1.807, 2.05) is 0 Å². The zero-order chi connectivity index (χ0) is 49.4. The average Bonchev–Trinajstić information content (AvgIpc) is 3.72. The molecule has 4 aliphatic heterocycles. The first-order valence-electron chi connectivity index (χ1n) is 27.0. The molecular weight excluding hydrogens is 874 g/mol. The number of para-hydroxylation sites is 1. The van der Waals surface area contributed by atoms with Gasteiger partial charge in [-0.1, -0.05) is 195 Å². The summed E-state index contributed by atoms with van der Waals surface area (Å²) in [4.78, 5) is 8.52. The maximum Gasteiger partial charge on any atom is 0.252 e. The van der Waals surface area contributed by atoms with Crippen LogP contribution in [0.2, 0.25) is 19.6 Å². The first-order chi connectivity index (χ1) is 33.7. The highest BCUT2D eigenvalue weighted by molar-refractivity contribution is 7.01. The lowest BCUT2D eigenvalue weighted by Crippen LogP contribution is -2.65. The van der Waals surface area contributed by atoms with Crippen molar-refractivity contribution < 1.29 is 0 Å². The van der Waals surface area contributed by atoms with Gasteiger partial charge in [0.2, 0.25) is 0 Å². The normalized spacial score (nSPS) is 24.7. The zero-order valence-electron chi connectivity index (χ0n) is 44.5. The van der Waals surface area contributed by atoms with Gasteiger partial charge in [0.1, 0.15) is 0 Å². The summed E-state index contributed by atoms with van der Waals surface area (Å²) in [5, 5.41) is 1.59. The highest BCUT2D eigenvalue weighted by Crippen LogP contribution is 2.68. The van der Waals surface area contributed by atoms with Gasteiger partial charge in [0.25, 0.3) is 6.71 Å². The van der Waals surface area contributed by atoms with E-state index in [9.17, 15) is 0 Å². The van der Waals surface area contributed by atoms with Crippen LogP contribution in [-0.2, 0) is 33.6 Å². The van der Waals surface area contributed by atoms with Crippen LogP contribution in [0.3, 0.4) is 0 Å². The monoisotopic (exact) mass is 946 g/mol. The van der Waals surface area contributed by atoms with E-state index in [1.165, 1.54) is 115 Å². The van der Waals surface area contributed by atoms with E-state index in [2.05, 4.69) is 242 Å². The van der Waals surface area contributed by atoms with Crippen LogP contribution in [0, 0.1) is 0 Å². The van der Waals surface area contributed by atoms with Crippen LogP contribution < -0.4 is 36.3 Å². The number of benzene rings is 7. The highest BCUT2D eigenvalue weighted by Gasteiger charge is 2.65. The number of fused-ring (bicyclic) bond motifs is 12. The molecule has 7 aromatic carbocycles. The van der Waals surface area contributed by atoms with E-state index in [4.69, 9.17) is 0 Å². The van der Waals surface area contributed by atoms with E-state index in [1.54, 1.807) is 10.8 Å². The molecule has 5 heteroatoms. The molecule has 0 aromatic heterocycles. The number of hydrogen-bond acceptors (Lipinski definition) is 3. The minimum absolute atomic E-state index is 0.00196. The zero-order valence-corrected chi connectivity index (χ0v) is 45.5. The Balaban J connectivity index is 1.20. The Bertz CT molecular complexity index is 3370. The van der Waals surface area contributed by atoms with Gasteiger partial charge in [-0.15, -0.1) is 0 Å². The van der Waals surface area contributed by atoms with Crippen LogP contribution in [-0.4, -0.2) is 20.3 Å². The summed E-state index contributed by atoms with van der Waals surface area (Å²) in [5.74, 6) is 0. The van der Waals surface area contributed by atoms with Gasteiger partial charge in [-0.2, -0.15) is 0 Å². The molecule has 358 valence electrons. The van der Waals surface area contributed by atoms with Gasteiger partial charge >= 0.3 is 0 Å². The molecule has 4 atom stereocenters.